The zero-order valence-corrected chi connectivity index (χ0v) is 11.7. The zero-order valence-electron chi connectivity index (χ0n) is 11.7. The second-order valence-electron chi connectivity index (χ2n) is 4.84. The molecule has 1 unspecified atom stereocenters. The Morgan fingerprint density at radius 3 is 2.95 bits per heavy atom. The molecule has 20 heavy (non-hydrogen) atoms. The molecule has 0 saturated carbocycles. The van der Waals surface area contributed by atoms with Crippen molar-refractivity contribution in [3.8, 4) is 0 Å². The highest BCUT2D eigenvalue weighted by atomic mass is 16.5. The van der Waals surface area contributed by atoms with Gasteiger partial charge in [-0.15, -0.1) is 0 Å². The highest BCUT2D eigenvalue weighted by Crippen LogP contribution is 2.10. The predicted octanol–water partition coefficient (Wildman–Crippen LogP) is -0.0154. The third-order valence-corrected chi connectivity index (χ3v) is 3.11. The van der Waals surface area contributed by atoms with E-state index < -0.39 is 12.0 Å². The number of primary amides is 1. The first-order chi connectivity index (χ1) is 9.69. The average Bonchev–Trinajstić information content (AvgIpc) is 2.47. The standard InChI is InChI=1S/C13H21N5O2/c1-2-3-15-13-16-6-10(7-17-13)8-18-4-5-20-11(9-18)12(14)19/h6-7,11H,2-5,8-9H2,1H3,(H2,14,19)(H,15,16,17). The Labute approximate surface area is 118 Å². The van der Waals surface area contributed by atoms with Crippen molar-refractivity contribution in [2.45, 2.75) is 26.0 Å². The first-order valence-corrected chi connectivity index (χ1v) is 6.87. The SMILES string of the molecule is CCCNc1ncc(CN2CCOC(C(N)=O)C2)cn1. The second-order valence-corrected chi connectivity index (χ2v) is 4.84. The molecule has 1 aromatic heterocycles. The van der Waals surface area contributed by atoms with Crippen LogP contribution in [-0.4, -0.2) is 53.1 Å². The molecule has 3 N–H and O–H groups in total. The van der Waals surface area contributed by atoms with Crippen LogP contribution in [0.2, 0.25) is 0 Å². The molecule has 0 aromatic carbocycles. The summed E-state index contributed by atoms with van der Waals surface area (Å²) < 4.78 is 5.31. The van der Waals surface area contributed by atoms with E-state index in [1.54, 1.807) is 12.4 Å². The first-order valence-electron chi connectivity index (χ1n) is 6.87. The Morgan fingerprint density at radius 2 is 2.30 bits per heavy atom. The molecular formula is C13H21N5O2. The fourth-order valence-electron chi connectivity index (χ4n) is 2.04. The van der Waals surface area contributed by atoms with E-state index in [1.807, 2.05) is 0 Å². The van der Waals surface area contributed by atoms with Crippen molar-refractivity contribution >= 4 is 11.9 Å². The van der Waals surface area contributed by atoms with Crippen LogP contribution in [0.15, 0.2) is 12.4 Å². The fraction of sp³-hybridized carbons (Fsp3) is 0.615. The van der Waals surface area contributed by atoms with Gasteiger partial charge < -0.3 is 15.8 Å². The van der Waals surface area contributed by atoms with Crippen molar-refractivity contribution in [1.82, 2.24) is 14.9 Å². The van der Waals surface area contributed by atoms with Gasteiger partial charge in [0.15, 0.2) is 0 Å². The van der Waals surface area contributed by atoms with Crippen molar-refractivity contribution in [2.75, 3.05) is 31.6 Å². The lowest BCUT2D eigenvalue weighted by Gasteiger charge is -2.31. The van der Waals surface area contributed by atoms with E-state index in [2.05, 4.69) is 27.1 Å². The summed E-state index contributed by atoms with van der Waals surface area (Å²) in [6.45, 7) is 5.47. The number of carbonyl (C=O) groups excluding carboxylic acids is 1. The summed E-state index contributed by atoms with van der Waals surface area (Å²) in [6, 6.07) is 0. The Hall–Kier alpha value is -1.73. The van der Waals surface area contributed by atoms with Crippen molar-refractivity contribution in [1.29, 1.82) is 0 Å². The molecular weight excluding hydrogens is 258 g/mol. The van der Waals surface area contributed by atoms with Crippen LogP contribution in [0.1, 0.15) is 18.9 Å². The smallest absolute Gasteiger partial charge is 0.247 e. The zero-order chi connectivity index (χ0) is 14.4. The van der Waals surface area contributed by atoms with E-state index in [4.69, 9.17) is 10.5 Å². The molecule has 1 atom stereocenters. The molecule has 1 aromatic rings. The molecule has 1 saturated heterocycles. The van der Waals surface area contributed by atoms with Crippen LogP contribution in [-0.2, 0) is 16.1 Å². The molecule has 0 spiro atoms. The van der Waals surface area contributed by atoms with Crippen LogP contribution in [0, 0.1) is 0 Å². The van der Waals surface area contributed by atoms with Crippen molar-refractivity contribution in [3.05, 3.63) is 18.0 Å². The fourth-order valence-corrected chi connectivity index (χ4v) is 2.04. The number of nitrogens with one attached hydrogen (secondary N) is 1. The van der Waals surface area contributed by atoms with Crippen LogP contribution in [0.3, 0.4) is 0 Å². The molecule has 2 heterocycles. The van der Waals surface area contributed by atoms with Gasteiger partial charge in [-0.2, -0.15) is 0 Å². The van der Waals surface area contributed by atoms with Crippen LogP contribution >= 0.6 is 0 Å². The molecule has 1 aliphatic rings. The molecule has 2 rings (SSSR count). The monoisotopic (exact) mass is 279 g/mol. The molecule has 0 radical (unpaired) electrons. The number of hydrogen-bond acceptors (Lipinski definition) is 6. The number of nitrogens with zero attached hydrogens (tertiary/aromatic N) is 3. The normalized spacial score (nSPS) is 19.8. The Morgan fingerprint density at radius 1 is 1.55 bits per heavy atom. The van der Waals surface area contributed by atoms with Gasteiger partial charge in [0.1, 0.15) is 6.10 Å². The van der Waals surface area contributed by atoms with E-state index in [1.165, 1.54) is 0 Å². The predicted molar refractivity (Wildman–Crippen MR) is 75.0 cm³/mol. The van der Waals surface area contributed by atoms with Gasteiger partial charge in [-0.3, -0.25) is 9.69 Å². The summed E-state index contributed by atoms with van der Waals surface area (Å²) >= 11 is 0. The summed E-state index contributed by atoms with van der Waals surface area (Å²) in [5.74, 6) is 0.234. The second kappa shape index (κ2) is 7.16. The maximum absolute atomic E-state index is 11.1. The molecule has 1 amide bonds. The molecule has 110 valence electrons. The van der Waals surface area contributed by atoms with E-state index >= 15 is 0 Å². The first kappa shape index (κ1) is 14.7. The van der Waals surface area contributed by atoms with Crippen molar-refractivity contribution < 1.29 is 9.53 Å². The van der Waals surface area contributed by atoms with Gasteiger partial charge in [0.2, 0.25) is 11.9 Å². The van der Waals surface area contributed by atoms with Gasteiger partial charge in [-0.05, 0) is 6.42 Å². The van der Waals surface area contributed by atoms with E-state index in [9.17, 15) is 4.79 Å². The van der Waals surface area contributed by atoms with Crippen molar-refractivity contribution in [3.63, 3.8) is 0 Å². The number of rotatable bonds is 6. The summed E-state index contributed by atoms with van der Waals surface area (Å²) in [5, 5.41) is 3.13. The van der Waals surface area contributed by atoms with Gasteiger partial charge in [0.25, 0.3) is 0 Å². The number of ether oxygens (including phenoxy) is 1. The number of morpholine rings is 1. The highest BCUT2D eigenvalue weighted by Gasteiger charge is 2.24. The lowest BCUT2D eigenvalue weighted by molar-refractivity contribution is -0.135. The Kier molecular flexibility index (Phi) is 5.25. The molecule has 1 fully saturated rings. The molecule has 1 aliphatic heterocycles. The lowest BCUT2D eigenvalue weighted by atomic mass is 10.2. The van der Waals surface area contributed by atoms with E-state index in [0.717, 1.165) is 25.1 Å². The number of amides is 1. The summed E-state index contributed by atoms with van der Waals surface area (Å²) in [6.07, 6.45) is 4.13. The average molecular weight is 279 g/mol. The van der Waals surface area contributed by atoms with Gasteiger partial charge in [-0.25, -0.2) is 9.97 Å². The maximum Gasteiger partial charge on any atom is 0.247 e. The molecule has 0 bridgehead atoms. The quantitative estimate of drug-likeness (QED) is 0.760. The van der Waals surface area contributed by atoms with E-state index in [0.29, 0.717) is 25.6 Å². The maximum atomic E-state index is 11.1. The summed E-state index contributed by atoms with van der Waals surface area (Å²) in [4.78, 5) is 21.8. The number of anilines is 1. The van der Waals surface area contributed by atoms with Gasteiger partial charge in [0.05, 0.1) is 6.61 Å². The number of nitrogens with two attached hydrogens (primary N) is 1. The number of hydrogen-bond donors (Lipinski definition) is 2. The number of aromatic nitrogens is 2. The minimum absolute atomic E-state index is 0.412. The summed E-state index contributed by atoms with van der Waals surface area (Å²) in [5.41, 5.74) is 6.28. The summed E-state index contributed by atoms with van der Waals surface area (Å²) in [7, 11) is 0. The molecule has 7 heteroatoms. The van der Waals surface area contributed by atoms with Crippen molar-refractivity contribution in [2.24, 2.45) is 5.73 Å². The molecule has 0 aliphatic carbocycles. The van der Waals surface area contributed by atoms with E-state index in [-0.39, 0.29) is 0 Å². The highest BCUT2D eigenvalue weighted by molar-refractivity contribution is 5.79. The Bertz CT molecular complexity index is 437. The van der Waals surface area contributed by atoms with Crippen LogP contribution in [0.25, 0.3) is 0 Å². The minimum atomic E-state index is -0.518. The molecule has 7 nitrogen and oxygen atoms in total. The van der Waals surface area contributed by atoms with Crippen LogP contribution in [0.4, 0.5) is 5.95 Å². The van der Waals surface area contributed by atoms with Gasteiger partial charge in [-0.1, -0.05) is 6.92 Å². The largest absolute Gasteiger partial charge is 0.367 e. The Balaban J connectivity index is 1.87. The van der Waals surface area contributed by atoms with Gasteiger partial charge >= 0.3 is 0 Å². The third kappa shape index (κ3) is 4.14. The van der Waals surface area contributed by atoms with Gasteiger partial charge in [0, 0.05) is 44.1 Å². The topological polar surface area (TPSA) is 93.4 Å². The number of carbonyl (C=O) groups is 1. The van der Waals surface area contributed by atoms with Crippen LogP contribution in [0.5, 0.6) is 0 Å². The minimum Gasteiger partial charge on any atom is -0.367 e. The lowest BCUT2D eigenvalue weighted by Crippen LogP contribution is -2.47. The third-order valence-electron chi connectivity index (χ3n) is 3.11. The van der Waals surface area contributed by atoms with Crippen LogP contribution < -0.4 is 11.1 Å².